The lowest BCUT2D eigenvalue weighted by Crippen LogP contribution is -2.42. The SMILES string of the molecule is Cc1cncc(C(=O)NCC(C)(C)CNC(=O)c2cncc(C)c2)c1. The van der Waals surface area contributed by atoms with E-state index in [9.17, 15) is 9.59 Å². The van der Waals surface area contributed by atoms with Crippen molar-refractivity contribution in [2.24, 2.45) is 5.41 Å². The van der Waals surface area contributed by atoms with Crippen LogP contribution in [0.5, 0.6) is 0 Å². The van der Waals surface area contributed by atoms with Gasteiger partial charge >= 0.3 is 0 Å². The first-order valence-corrected chi connectivity index (χ1v) is 8.16. The third-order valence-corrected chi connectivity index (χ3v) is 3.73. The fraction of sp³-hybridized carbons (Fsp3) is 0.368. The van der Waals surface area contributed by atoms with Crippen LogP contribution >= 0.6 is 0 Å². The lowest BCUT2D eigenvalue weighted by molar-refractivity contribution is 0.0919. The Hall–Kier alpha value is -2.76. The largest absolute Gasteiger partial charge is 0.351 e. The highest BCUT2D eigenvalue weighted by Gasteiger charge is 2.21. The average molecular weight is 340 g/mol. The molecule has 0 saturated carbocycles. The lowest BCUT2D eigenvalue weighted by atomic mass is 9.93. The molecule has 6 nitrogen and oxygen atoms in total. The van der Waals surface area contributed by atoms with Crippen LogP contribution in [0.3, 0.4) is 0 Å². The molecule has 0 spiro atoms. The molecular formula is C19H24N4O2. The molecule has 132 valence electrons. The highest BCUT2D eigenvalue weighted by molar-refractivity contribution is 5.94. The van der Waals surface area contributed by atoms with Crippen LogP contribution in [-0.2, 0) is 0 Å². The van der Waals surface area contributed by atoms with E-state index in [-0.39, 0.29) is 17.2 Å². The van der Waals surface area contributed by atoms with Crippen molar-refractivity contribution in [1.29, 1.82) is 0 Å². The van der Waals surface area contributed by atoms with Gasteiger partial charge in [0.05, 0.1) is 11.1 Å². The molecule has 6 heteroatoms. The number of hydrogen-bond acceptors (Lipinski definition) is 4. The first-order chi connectivity index (χ1) is 11.8. The Morgan fingerprint density at radius 3 is 1.60 bits per heavy atom. The van der Waals surface area contributed by atoms with Crippen molar-refractivity contribution in [3.63, 3.8) is 0 Å². The zero-order chi connectivity index (χ0) is 18.4. The summed E-state index contributed by atoms with van der Waals surface area (Å²) in [6, 6.07) is 3.59. The van der Waals surface area contributed by atoms with Gasteiger partial charge in [-0.1, -0.05) is 13.8 Å². The molecule has 2 N–H and O–H groups in total. The molecule has 0 aliphatic heterocycles. The number of nitrogens with zero attached hydrogens (tertiary/aromatic N) is 2. The van der Waals surface area contributed by atoms with Crippen LogP contribution in [0.4, 0.5) is 0 Å². The predicted octanol–water partition coefficient (Wildman–Crippen LogP) is 2.28. The molecular weight excluding hydrogens is 316 g/mol. The fourth-order valence-corrected chi connectivity index (χ4v) is 2.26. The summed E-state index contributed by atoms with van der Waals surface area (Å²) in [5, 5.41) is 5.79. The second-order valence-corrected chi connectivity index (χ2v) is 7.03. The lowest BCUT2D eigenvalue weighted by Gasteiger charge is -2.25. The van der Waals surface area contributed by atoms with E-state index in [0.29, 0.717) is 24.2 Å². The van der Waals surface area contributed by atoms with E-state index in [1.165, 1.54) is 0 Å². The van der Waals surface area contributed by atoms with Crippen molar-refractivity contribution in [2.75, 3.05) is 13.1 Å². The molecule has 2 heterocycles. The van der Waals surface area contributed by atoms with Gasteiger partial charge in [-0.3, -0.25) is 19.6 Å². The summed E-state index contributed by atoms with van der Waals surface area (Å²) in [4.78, 5) is 32.4. The molecule has 0 radical (unpaired) electrons. The summed E-state index contributed by atoms with van der Waals surface area (Å²) in [6.45, 7) is 8.62. The van der Waals surface area contributed by atoms with E-state index in [1.807, 2.05) is 27.7 Å². The standard InChI is InChI=1S/C19H24N4O2/c1-13-5-15(9-20-7-13)17(24)22-11-19(3,4)12-23-18(25)16-6-14(2)8-21-10-16/h5-10H,11-12H2,1-4H3,(H,22,24)(H,23,25). The summed E-state index contributed by atoms with van der Waals surface area (Å²) >= 11 is 0. The monoisotopic (exact) mass is 340 g/mol. The van der Waals surface area contributed by atoms with Crippen molar-refractivity contribution in [3.05, 3.63) is 59.2 Å². The van der Waals surface area contributed by atoms with Crippen LogP contribution in [0.2, 0.25) is 0 Å². The van der Waals surface area contributed by atoms with Crippen molar-refractivity contribution in [2.45, 2.75) is 27.7 Å². The summed E-state index contributed by atoms with van der Waals surface area (Å²) in [7, 11) is 0. The third-order valence-electron chi connectivity index (χ3n) is 3.73. The molecule has 0 fully saturated rings. The van der Waals surface area contributed by atoms with Crippen LogP contribution in [-0.4, -0.2) is 34.9 Å². The Kier molecular flexibility index (Phi) is 5.85. The zero-order valence-electron chi connectivity index (χ0n) is 15.1. The first kappa shape index (κ1) is 18.6. The van der Waals surface area contributed by atoms with Crippen molar-refractivity contribution >= 4 is 11.8 Å². The van der Waals surface area contributed by atoms with Gasteiger partial charge in [0.1, 0.15) is 0 Å². The molecule has 2 amide bonds. The summed E-state index contributed by atoms with van der Waals surface area (Å²) < 4.78 is 0. The number of nitrogens with one attached hydrogen (secondary N) is 2. The second kappa shape index (κ2) is 7.88. The van der Waals surface area contributed by atoms with E-state index in [4.69, 9.17) is 0 Å². The van der Waals surface area contributed by atoms with Gasteiger partial charge in [-0.05, 0) is 42.5 Å². The number of aryl methyl sites for hydroxylation is 2. The number of hydrogen-bond donors (Lipinski definition) is 2. The minimum atomic E-state index is -0.292. The van der Waals surface area contributed by atoms with E-state index in [2.05, 4.69) is 20.6 Å². The maximum atomic E-state index is 12.2. The molecule has 0 aliphatic rings. The maximum Gasteiger partial charge on any atom is 0.252 e. The Balaban J connectivity index is 1.87. The highest BCUT2D eigenvalue weighted by Crippen LogP contribution is 2.13. The summed E-state index contributed by atoms with van der Waals surface area (Å²) in [5.41, 5.74) is 2.65. The summed E-state index contributed by atoms with van der Waals surface area (Å²) in [5.74, 6) is -0.336. The van der Waals surface area contributed by atoms with E-state index < -0.39 is 0 Å². The Labute approximate surface area is 148 Å². The van der Waals surface area contributed by atoms with Gasteiger partial charge in [-0.25, -0.2) is 0 Å². The van der Waals surface area contributed by atoms with E-state index in [1.54, 1.807) is 36.9 Å². The van der Waals surface area contributed by atoms with Gasteiger partial charge in [0.2, 0.25) is 0 Å². The number of rotatable bonds is 6. The van der Waals surface area contributed by atoms with Crippen molar-refractivity contribution < 1.29 is 9.59 Å². The molecule has 0 saturated heterocycles. The zero-order valence-corrected chi connectivity index (χ0v) is 15.1. The number of aromatic nitrogens is 2. The van der Waals surface area contributed by atoms with Gasteiger partial charge in [-0.15, -0.1) is 0 Å². The van der Waals surface area contributed by atoms with E-state index in [0.717, 1.165) is 11.1 Å². The van der Waals surface area contributed by atoms with Gasteiger partial charge in [0.25, 0.3) is 11.8 Å². The number of carbonyl (C=O) groups is 2. The molecule has 0 aromatic carbocycles. The summed E-state index contributed by atoms with van der Waals surface area (Å²) in [6.07, 6.45) is 6.50. The molecule has 2 aromatic heterocycles. The van der Waals surface area contributed by atoms with Crippen LogP contribution in [0.25, 0.3) is 0 Å². The van der Waals surface area contributed by atoms with Crippen LogP contribution in [0.15, 0.2) is 36.9 Å². The predicted molar refractivity (Wildman–Crippen MR) is 96.4 cm³/mol. The molecule has 0 bridgehead atoms. The molecule has 2 aromatic rings. The topological polar surface area (TPSA) is 84.0 Å². The Morgan fingerprint density at radius 1 is 0.840 bits per heavy atom. The molecule has 0 atom stereocenters. The fourth-order valence-electron chi connectivity index (χ4n) is 2.26. The van der Waals surface area contributed by atoms with Crippen LogP contribution in [0.1, 0.15) is 45.7 Å². The third kappa shape index (κ3) is 5.67. The maximum absolute atomic E-state index is 12.2. The minimum Gasteiger partial charge on any atom is -0.351 e. The van der Waals surface area contributed by atoms with E-state index >= 15 is 0 Å². The molecule has 2 rings (SSSR count). The van der Waals surface area contributed by atoms with Crippen molar-refractivity contribution in [1.82, 2.24) is 20.6 Å². The van der Waals surface area contributed by atoms with Crippen LogP contribution < -0.4 is 10.6 Å². The smallest absolute Gasteiger partial charge is 0.252 e. The van der Waals surface area contributed by atoms with Gasteiger partial charge in [0.15, 0.2) is 0 Å². The molecule has 0 unspecified atom stereocenters. The number of amides is 2. The van der Waals surface area contributed by atoms with Crippen molar-refractivity contribution in [3.8, 4) is 0 Å². The minimum absolute atomic E-state index is 0.168. The van der Waals surface area contributed by atoms with Gasteiger partial charge in [-0.2, -0.15) is 0 Å². The average Bonchev–Trinajstić information content (AvgIpc) is 2.58. The van der Waals surface area contributed by atoms with Gasteiger partial charge < -0.3 is 10.6 Å². The Morgan fingerprint density at radius 2 is 1.24 bits per heavy atom. The highest BCUT2D eigenvalue weighted by atomic mass is 16.2. The number of pyridine rings is 2. The second-order valence-electron chi connectivity index (χ2n) is 7.03. The first-order valence-electron chi connectivity index (χ1n) is 8.16. The quantitative estimate of drug-likeness (QED) is 0.845. The van der Waals surface area contributed by atoms with Crippen LogP contribution in [0, 0.1) is 19.3 Å². The number of carbonyl (C=O) groups excluding carboxylic acids is 2. The Bertz CT molecular complexity index is 708. The normalized spacial score (nSPS) is 11.0. The van der Waals surface area contributed by atoms with Gasteiger partial charge in [0, 0.05) is 37.9 Å². The molecule has 0 aliphatic carbocycles. The molecule has 25 heavy (non-hydrogen) atoms.